The molecular formula is C11H15N5O14P3+. The van der Waals surface area contributed by atoms with Gasteiger partial charge in [-0.25, -0.2) is 28.9 Å². The van der Waals surface area contributed by atoms with Crippen molar-refractivity contribution in [3.63, 3.8) is 0 Å². The molecule has 1 aliphatic rings. The normalized spacial score (nSPS) is 25.6. The summed E-state index contributed by atoms with van der Waals surface area (Å²) in [7, 11) is -14.8. The van der Waals surface area contributed by atoms with Crippen LogP contribution in [0.4, 0.5) is 10.6 Å². The van der Waals surface area contributed by atoms with Crippen LogP contribution in [0.25, 0.3) is 11.2 Å². The smallest absolute Gasteiger partial charge is 0.449 e. The predicted molar refractivity (Wildman–Crippen MR) is 100 cm³/mol. The fraction of sp³-hybridized carbons (Fsp3) is 0.455. The van der Waals surface area contributed by atoms with Gasteiger partial charge in [0, 0.05) is 8.88 Å². The first kappa shape index (κ1) is 25.5. The van der Waals surface area contributed by atoms with Gasteiger partial charge in [0.05, 0.1) is 6.33 Å². The number of aliphatic hydroxyl groups excluding tert-OH is 2. The number of aromatic nitrogens is 4. The van der Waals surface area contributed by atoms with Gasteiger partial charge in [0.25, 0.3) is 0 Å². The second-order valence-corrected chi connectivity index (χ2v) is 10.2. The molecule has 0 radical (unpaired) electrons. The van der Waals surface area contributed by atoms with Crippen molar-refractivity contribution in [3.8, 4) is 0 Å². The number of carbonyl (C=O) groups is 1. The Morgan fingerprint density at radius 3 is 2.58 bits per heavy atom. The number of rotatable bonds is 9. The second-order valence-electron chi connectivity index (χ2n) is 6.11. The summed E-state index contributed by atoms with van der Waals surface area (Å²) < 4.78 is 57.4. The molecule has 0 spiro atoms. The zero-order valence-corrected chi connectivity index (χ0v) is 18.5. The van der Waals surface area contributed by atoms with Gasteiger partial charge in [-0.1, -0.05) is 0 Å². The topological polar surface area (TPSA) is 285 Å². The van der Waals surface area contributed by atoms with Gasteiger partial charge in [-0.15, -0.1) is 4.52 Å². The van der Waals surface area contributed by atoms with Crippen LogP contribution in [0, 0.1) is 0 Å². The molecule has 6 atom stereocenters. The maximum Gasteiger partial charge on any atom is 0.709 e. The highest BCUT2D eigenvalue weighted by Gasteiger charge is 2.51. The van der Waals surface area contributed by atoms with Crippen LogP contribution < -0.4 is 5.73 Å². The Morgan fingerprint density at radius 2 is 1.94 bits per heavy atom. The summed E-state index contributed by atoms with van der Waals surface area (Å²) in [4.78, 5) is 39.6. The lowest BCUT2D eigenvalue weighted by atomic mass is 10.1. The fourth-order valence-corrected chi connectivity index (χ4v) is 5.66. The molecule has 0 amide bonds. The number of nitrogen functional groups attached to an aromatic ring is 1. The van der Waals surface area contributed by atoms with Gasteiger partial charge in [-0.3, -0.25) is 4.57 Å². The molecule has 2 aromatic rings. The van der Waals surface area contributed by atoms with Crippen molar-refractivity contribution < 1.29 is 66.0 Å². The molecule has 1 aliphatic heterocycles. The maximum atomic E-state index is 12.0. The van der Waals surface area contributed by atoms with E-state index in [0.29, 0.717) is 0 Å². The van der Waals surface area contributed by atoms with E-state index >= 15 is 0 Å². The summed E-state index contributed by atoms with van der Waals surface area (Å²) in [5.74, 6) is 0.0475. The first-order valence-corrected chi connectivity index (χ1v) is 12.4. The number of nitrogens with two attached hydrogens (primary N) is 1. The predicted octanol–water partition coefficient (Wildman–Crippen LogP) is -0.370. The van der Waals surface area contributed by atoms with Crippen LogP contribution in [0.5, 0.6) is 0 Å². The Morgan fingerprint density at radius 1 is 1.24 bits per heavy atom. The first-order chi connectivity index (χ1) is 15.3. The number of phosphoric acid groups is 2. The molecule has 7 N–H and O–H groups in total. The lowest BCUT2D eigenvalue weighted by molar-refractivity contribution is -0.0476. The van der Waals surface area contributed by atoms with E-state index in [2.05, 4.69) is 32.6 Å². The maximum absolute atomic E-state index is 12.0. The zero-order chi connectivity index (χ0) is 24.6. The van der Waals surface area contributed by atoms with E-state index in [1.807, 2.05) is 0 Å². The van der Waals surface area contributed by atoms with Crippen molar-refractivity contribution in [2.45, 2.75) is 24.5 Å². The third-order valence-electron chi connectivity index (χ3n) is 3.91. The minimum absolute atomic E-state index is 0.0475. The number of fused-ring (bicyclic) bond motifs is 1. The Bertz CT molecular complexity index is 1150. The largest absolute Gasteiger partial charge is 0.709 e. The Kier molecular flexibility index (Phi) is 7.42. The van der Waals surface area contributed by atoms with Gasteiger partial charge in [0.1, 0.15) is 36.8 Å². The van der Waals surface area contributed by atoms with Crippen molar-refractivity contribution in [1.29, 1.82) is 0 Å². The molecule has 0 aromatic carbocycles. The van der Waals surface area contributed by atoms with Gasteiger partial charge in [0.15, 0.2) is 17.7 Å². The van der Waals surface area contributed by atoms with Crippen molar-refractivity contribution in [2.75, 3.05) is 12.3 Å². The Labute approximate surface area is 182 Å². The minimum atomic E-state index is -5.60. The average molecular weight is 534 g/mol. The standard InChI is InChI=1S/C11H14N5O14P3/c12-8-5-9(14-2-13-8)16(3-15-5)10-7(18)6(17)4(27-10)1-26-31(21)29-33(25,28-11(19)20)30-32(22,23)24/h2-4,6-7,10,17-18H,1H2,(H4-,12,13,14,19,20,22,23,24)/p+1/t4-,6-,7-,10-,33?/m1/s1. The number of anilines is 1. The highest BCUT2D eigenvalue weighted by atomic mass is 31.3. The van der Waals surface area contributed by atoms with Gasteiger partial charge in [-0.2, -0.15) is 4.31 Å². The van der Waals surface area contributed by atoms with E-state index in [0.717, 1.165) is 6.33 Å². The number of nitrogens with zero attached hydrogens (tertiary/aromatic N) is 4. The summed E-state index contributed by atoms with van der Waals surface area (Å²) in [6.07, 6.45) is -5.80. The zero-order valence-electron chi connectivity index (χ0n) is 15.8. The molecule has 33 heavy (non-hydrogen) atoms. The molecule has 22 heteroatoms. The molecule has 2 unspecified atom stereocenters. The van der Waals surface area contributed by atoms with E-state index < -0.39 is 61.2 Å². The lowest BCUT2D eigenvalue weighted by Gasteiger charge is -2.16. The second kappa shape index (κ2) is 9.61. The van der Waals surface area contributed by atoms with E-state index in [1.54, 1.807) is 0 Å². The van der Waals surface area contributed by atoms with Crippen molar-refractivity contribution in [3.05, 3.63) is 12.7 Å². The van der Waals surface area contributed by atoms with Crippen molar-refractivity contribution in [2.24, 2.45) is 0 Å². The molecule has 2 aromatic heterocycles. The van der Waals surface area contributed by atoms with E-state index in [4.69, 9.17) is 25.4 Å². The lowest BCUT2D eigenvalue weighted by Crippen LogP contribution is -2.33. The molecule has 3 rings (SSSR count). The summed E-state index contributed by atoms with van der Waals surface area (Å²) in [5.41, 5.74) is 6.04. The van der Waals surface area contributed by atoms with Crippen LogP contribution in [0.3, 0.4) is 0 Å². The van der Waals surface area contributed by atoms with Crippen LogP contribution in [0.2, 0.25) is 0 Å². The summed E-state index contributed by atoms with van der Waals surface area (Å²) in [6, 6.07) is 0. The van der Waals surface area contributed by atoms with E-state index in [-0.39, 0.29) is 17.0 Å². The van der Waals surface area contributed by atoms with Crippen molar-refractivity contribution >= 4 is 47.0 Å². The Balaban J connectivity index is 1.67. The summed E-state index contributed by atoms with van der Waals surface area (Å²) in [6.45, 7) is -0.795. The number of hydrogen-bond acceptors (Lipinski definition) is 15. The van der Waals surface area contributed by atoms with Crippen LogP contribution in [-0.4, -0.2) is 75.7 Å². The highest BCUT2D eigenvalue weighted by Crippen LogP contribution is 2.65. The average Bonchev–Trinajstić information content (AvgIpc) is 3.20. The monoisotopic (exact) mass is 534 g/mol. The minimum Gasteiger partial charge on any atom is -0.449 e. The molecule has 19 nitrogen and oxygen atoms in total. The Hall–Kier alpha value is -2.14. The van der Waals surface area contributed by atoms with E-state index in [9.17, 15) is 28.7 Å². The molecule has 1 saturated heterocycles. The molecule has 0 aliphatic carbocycles. The number of carboxylic acid groups (broad SMARTS) is 1. The summed E-state index contributed by atoms with van der Waals surface area (Å²) >= 11 is 0. The number of ether oxygens (including phenoxy) is 1. The molecule has 1 fully saturated rings. The fourth-order valence-electron chi connectivity index (χ4n) is 2.67. The van der Waals surface area contributed by atoms with Crippen LogP contribution in [-0.2, 0) is 36.1 Å². The molecule has 3 heterocycles. The van der Waals surface area contributed by atoms with Gasteiger partial charge in [-0.05, 0) is 0 Å². The number of hydrogen-bond donors (Lipinski definition) is 6. The van der Waals surface area contributed by atoms with Gasteiger partial charge in [0.2, 0.25) is 0 Å². The molecule has 182 valence electrons. The van der Waals surface area contributed by atoms with Gasteiger partial charge >= 0.3 is 30.1 Å². The number of aliphatic hydroxyl groups is 2. The van der Waals surface area contributed by atoms with Gasteiger partial charge < -0.3 is 40.1 Å². The number of imidazole rings is 1. The van der Waals surface area contributed by atoms with E-state index in [1.165, 1.54) is 10.9 Å². The highest BCUT2D eigenvalue weighted by molar-refractivity contribution is 7.65. The third kappa shape index (κ3) is 6.06. The molecule has 0 saturated carbocycles. The van der Waals surface area contributed by atoms with Crippen LogP contribution >= 0.6 is 23.9 Å². The van der Waals surface area contributed by atoms with Crippen LogP contribution in [0.15, 0.2) is 12.7 Å². The summed E-state index contributed by atoms with van der Waals surface area (Å²) in [5, 5.41) is 29.0. The molecule has 0 bridgehead atoms. The third-order valence-corrected chi connectivity index (χ3v) is 7.63. The quantitative estimate of drug-likeness (QED) is 0.224. The van der Waals surface area contributed by atoms with Crippen LogP contribution in [0.1, 0.15) is 6.23 Å². The van der Waals surface area contributed by atoms with Crippen molar-refractivity contribution in [1.82, 2.24) is 19.5 Å². The first-order valence-electron chi connectivity index (χ1n) is 8.33. The molecular weight excluding hydrogens is 519 g/mol. The SMILES string of the molecule is Nc1ncnc2c1ncn2[C@@H]1O[C@H](CO[P+](=O)OP(=O)(OC(=O)O)OP(=O)(O)O)[C@@H](O)[C@H]1O.